The minimum atomic E-state index is 0.497. The van der Waals surface area contributed by atoms with Crippen LogP contribution in [0, 0.1) is 0 Å². The molecule has 2 aliphatic rings. The number of pyridine rings is 1. The summed E-state index contributed by atoms with van der Waals surface area (Å²) in [6.45, 7) is 3.58. The number of rotatable bonds is 0. The van der Waals surface area contributed by atoms with Gasteiger partial charge in [0.15, 0.2) is 0 Å². The molecule has 5 rings (SSSR count). The summed E-state index contributed by atoms with van der Waals surface area (Å²) in [5.74, 6) is 0. The van der Waals surface area contributed by atoms with Crippen molar-refractivity contribution in [2.45, 2.75) is 31.8 Å². The molecule has 2 aromatic heterocycles. The average Bonchev–Trinajstić information content (AvgIpc) is 2.95. The molecule has 1 N–H and O–H groups in total. The first-order chi connectivity index (χ1) is 11.2. The van der Waals surface area contributed by atoms with E-state index in [-0.39, 0.29) is 0 Å². The van der Waals surface area contributed by atoms with Gasteiger partial charge in [0.05, 0.1) is 19.3 Å². The van der Waals surface area contributed by atoms with Crippen LogP contribution < -0.4 is 0 Å². The second-order valence-corrected chi connectivity index (χ2v) is 7.35. The van der Waals surface area contributed by atoms with Crippen molar-refractivity contribution in [2.75, 3.05) is 13.6 Å². The summed E-state index contributed by atoms with van der Waals surface area (Å²) in [4.78, 5) is 8.14. The highest BCUT2D eigenvalue weighted by Crippen LogP contribution is 2.49. The molecule has 3 aromatic rings. The van der Waals surface area contributed by atoms with Gasteiger partial charge < -0.3 is 9.47 Å². The van der Waals surface area contributed by atoms with Crippen molar-refractivity contribution in [1.29, 1.82) is 0 Å². The van der Waals surface area contributed by atoms with Crippen LogP contribution in [-0.2, 0) is 12.8 Å². The molecule has 0 bridgehead atoms. The van der Waals surface area contributed by atoms with Gasteiger partial charge in [0.2, 0.25) is 0 Å². The van der Waals surface area contributed by atoms with E-state index in [1.165, 1.54) is 34.3 Å². The highest BCUT2D eigenvalue weighted by molar-refractivity contribution is 5.85. The maximum Gasteiger partial charge on any atom is 0.134 e. The Hall–Kier alpha value is -2.13. The van der Waals surface area contributed by atoms with E-state index in [9.17, 15) is 0 Å². The first-order valence-electron chi connectivity index (χ1n) is 8.55. The lowest BCUT2D eigenvalue weighted by molar-refractivity contribution is -0.970. The highest BCUT2D eigenvalue weighted by Gasteiger charge is 2.48. The van der Waals surface area contributed by atoms with Crippen LogP contribution in [0.3, 0.4) is 0 Å². The second kappa shape index (κ2) is 4.45. The van der Waals surface area contributed by atoms with Crippen molar-refractivity contribution >= 4 is 10.9 Å². The molecule has 4 heterocycles. The largest absolute Gasteiger partial charge is 0.353 e. The molecule has 0 amide bonds. The number of aromatic amines is 1. The molecule has 1 aromatic carbocycles. The van der Waals surface area contributed by atoms with Gasteiger partial charge in [-0.15, -0.1) is 0 Å². The Morgan fingerprint density at radius 2 is 2.09 bits per heavy atom. The van der Waals surface area contributed by atoms with Gasteiger partial charge in [-0.3, -0.25) is 4.98 Å². The van der Waals surface area contributed by atoms with E-state index in [4.69, 9.17) is 0 Å². The van der Waals surface area contributed by atoms with Crippen LogP contribution >= 0.6 is 0 Å². The van der Waals surface area contributed by atoms with Crippen LogP contribution in [-0.4, -0.2) is 28.0 Å². The smallest absolute Gasteiger partial charge is 0.134 e. The molecule has 0 spiro atoms. The van der Waals surface area contributed by atoms with Crippen LogP contribution in [0.25, 0.3) is 10.9 Å². The van der Waals surface area contributed by atoms with E-state index in [2.05, 4.69) is 60.5 Å². The third-order valence-electron chi connectivity index (χ3n) is 6.43. The molecule has 2 aliphatic heterocycles. The molecular formula is C20H22N3+. The Morgan fingerprint density at radius 1 is 1.22 bits per heavy atom. The van der Waals surface area contributed by atoms with Crippen molar-refractivity contribution in [3.63, 3.8) is 0 Å². The fourth-order valence-electron chi connectivity index (χ4n) is 4.88. The SMILES string of the molecule is C[C@H]1c2cnccc2C[C@H]2c3[nH]c4ccccc4c3CC[N+]12C. The van der Waals surface area contributed by atoms with E-state index < -0.39 is 0 Å². The molecule has 3 nitrogen and oxygen atoms in total. The summed E-state index contributed by atoms with van der Waals surface area (Å²) in [6.07, 6.45) is 6.29. The monoisotopic (exact) mass is 304 g/mol. The van der Waals surface area contributed by atoms with E-state index in [0.717, 1.165) is 17.3 Å². The predicted molar refractivity (Wildman–Crippen MR) is 92.2 cm³/mol. The summed E-state index contributed by atoms with van der Waals surface area (Å²) in [7, 11) is 2.43. The number of likely N-dealkylation sites (N-methyl/N-ethyl adjacent to an activating group) is 1. The fourth-order valence-corrected chi connectivity index (χ4v) is 4.88. The number of para-hydroxylation sites is 1. The first kappa shape index (κ1) is 13.3. The molecule has 116 valence electrons. The summed E-state index contributed by atoms with van der Waals surface area (Å²) < 4.78 is 1.10. The number of hydrogen-bond donors (Lipinski definition) is 1. The first-order valence-corrected chi connectivity index (χ1v) is 8.55. The second-order valence-electron chi connectivity index (χ2n) is 7.35. The van der Waals surface area contributed by atoms with Crippen LogP contribution in [0.5, 0.6) is 0 Å². The highest BCUT2D eigenvalue weighted by atomic mass is 15.4. The Labute approximate surface area is 136 Å². The topological polar surface area (TPSA) is 28.7 Å². The molecule has 0 saturated carbocycles. The molecule has 0 saturated heterocycles. The zero-order chi connectivity index (χ0) is 15.6. The van der Waals surface area contributed by atoms with Crippen molar-refractivity contribution in [3.05, 3.63) is 65.1 Å². The van der Waals surface area contributed by atoms with E-state index in [1.807, 2.05) is 6.20 Å². The van der Waals surface area contributed by atoms with Gasteiger partial charge in [-0.05, 0) is 30.2 Å². The molecule has 0 fully saturated rings. The van der Waals surface area contributed by atoms with Gasteiger partial charge in [0, 0.05) is 41.7 Å². The Bertz CT molecular complexity index is 910. The number of nitrogens with one attached hydrogen (secondary N) is 1. The molecule has 23 heavy (non-hydrogen) atoms. The summed E-state index contributed by atoms with van der Waals surface area (Å²) in [5.41, 5.74) is 7.21. The lowest BCUT2D eigenvalue weighted by atomic mass is 9.82. The Balaban J connectivity index is 1.73. The quantitative estimate of drug-likeness (QED) is 0.626. The Morgan fingerprint density at radius 3 is 3.00 bits per heavy atom. The van der Waals surface area contributed by atoms with E-state index in [0.29, 0.717) is 12.1 Å². The van der Waals surface area contributed by atoms with Crippen LogP contribution in [0.15, 0.2) is 42.7 Å². The number of benzene rings is 1. The average molecular weight is 304 g/mol. The molecule has 0 radical (unpaired) electrons. The van der Waals surface area contributed by atoms with Crippen molar-refractivity contribution in [2.24, 2.45) is 0 Å². The zero-order valence-corrected chi connectivity index (χ0v) is 13.7. The Kier molecular flexibility index (Phi) is 2.58. The molecular weight excluding hydrogens is 282 g/mol. The molecule has 3 heteroatoms. The lowest BCUT2D eigenvalue weighted by Crippen LogP contribution is -2.55. The zero-order valence-electron chi connectivity index (χ0n) is 13.7. The summed E-state index contributed by atoms with van der Waals surface area (Å²) >= 11 is 0. The minimum Gasteiger partial charge on any atom is -0.353 e. The number of H-pyrrole nitrogens is 1. The number of quaternary nitrogens is 1. The van der Waals surface area contributed by atoms with E-state index in [1.54, 1.807) is 5.56 Å². The molecule has 0 aliphatic carbocycles. The predicted octanol–water partition coefficient (Wildman–Crippen LogP) is 3.92. The van der Waals surface area contributed by atoms with Crippen molar-refractivity contribution in [3.8, 4) is 0 Å². The third kappa shape index (κ3) is 1.66. The normalized spacial score (nSPS) is 29.0. The van der Waals surface area contributed by atoms with Crippen LogP contribution in [0.4, 0.5) is 0 Å². The number of fused-ring (bicyclic) bond motifs is 6. The van der Waals surface area contributed by atoms with Gasteiger partial charge in [-0.25, -0.2) is 0 Å². The number of aromatic nitrogens is 2. The molecule has 1 unspecified atom stereocenters. The number of nitrogens with zero attached hydrogens (tertiary/aromatic N) is 2. The molecule has 3 atom stereocenters. The standard InChI is InChI=1S/C20H22N3/c1-13-17-12-21-9-7-14(17)11-19-20-16(8-10-23(13,19)2)15-5-3-4-6-18(15)22-20/h3-7,9,12-13,19,22H,8,10-11H2,1-2H3/q+1/t13-,19-,23?/m0/s1. The van der Waals surface area contributed by atoms with Gasteiger partial charge in [-0.2, -0.15) is 0 Å². The van der Waals surface area contributed by atoms with Crippen molar-refractivity contribution in [1.82, 2.24) is 9.97 Å². The summed E-state index contributed by atoms with van der Waals surface area (Å²) in [5, 5.41) is 1.42. The van der Waals surface area contributed by atoms with Gasteiger partial charge in [0.1, 0.15) is 12.1 Å². The number of hydrogen-bond acceptors (Lipinski definition) is 1. The van der Waals surface area contributed by atoms with Gasteiger partial charge in [-0.1, -0.05) is 18.2 Å². The minimum absolute atomic E-state index is 0.497. The maximum absolute atomic E-state index is 4.38. The van der Waals surface area contributed by atoms with E-state index >= 15 is 0 Å². The van der Waals surface area contributed by atoms with Crippen LogP contribution in [0.2, 0.25) is 0 Å². The van der Waals surface area contributed by atoms with Gasteiger partial charge in [0.25, 0.3) is 0 Å². The lowest BCUT2D eigenvalue weighted by Gasteiger charge is -2.51. The fraction of sp³-hybridized carbons (Fsp3) is 0.350. The van der Waals surface area contributed by atoms with Gasteiger partial charge >= 0.3 is 0 Å². The van der Waals surface area contributed by atoms with Crippen molar-refractivity contribution < 1.29 is 4.48 Å². The third-order valence-corrected chi connectivity index (χ3v) is 6.43. The van der Waals surface area contributed by atoms with Crippen LogP contribution in [0.1, 0.15) is 41.4 Å². The maximum atomic E-state index is 4.38. The summed E-state index contributed by atoms with van der Waals surface area (Å²) in [6, 6.07) is 12.0.